The predicted molar refractivity (Wildman–Crippen MR) is 69.8 cm³/mol. The standard InChI is InChI=1S/C13H17N3O3/c1-3-16-8-9(7-11(16)17)12(18)15-10-5-4-6-14-13(10)19-2/h4-6,9H,3,7-8H2,1-2H3,(H,15,18)/t9-/m0/s1. The van der Waals surface area contributed by atoms with Crippen molar-refractivity contribution in [1.29, 1.82) is 0 Å². The summed E-state index contributed by atoms with van der Waals surface area (Å²) in [5.74, 6) is -0.0821. The van der Waals surface area contributed by atoms with Gasteiger partial charge in [-0.05, 0) is 19.1 Å². The van der Waals surface area contributed by atoms with E-state index >= 15 is 0 Å². The Labute approximate surface area is 111 Å². The molecule has 19 heavy (non-hydrogen) atoms. The summed E-state index contributed by atoms with van der Waals surface area (Å²) in [6.07, 6.45) is 1.86. The minimum Gasteiger partial charge on any atom is -0.480 e. The summed E-state index contributed by atoms with van der Waals surface area (Å²) in [6, 6.07) is 3.44. The van der Waals surface area contributed by atoms with Gasteiger partial charge in [0.2, 0.25) is 17.7 Å². The van der Waals surface area contributed by atoms with Crippen molar-refractivity contribution in [2.75, 3.05) is 25.5 Å². The number of methoxy groups -OCH3 is 1. The van der Waals surface area contributed by atoms with Crippen molar-refractivity contribution in [2.45, 2.75) is 13.3 Å². The lowest BCUT2D eigenvalue weighted by atomic mass is 10.1. The van der Waals surface area contributed by atoms with Crippen LogP contribution in [0.5, 0.6) is 5.88 Å². The van der Waals surface area contributed by atoms with E-state index in [1.807, 2.05) is 6.92 Å². The van der Waals surface area contributed by atoms with Gasteiger partial charge in [0.25, 0.3) is 0 Å². The number of hydrogen-bond donors (Lipinski definition) is 1. The highest BCUT2D eigenvalue weighted by atomic mass is 16.5. The van der Waals surface area contributed by atoms with Crippen LogP contribution in [0.15, 0.2) is 18.3 Å². The third-order valence-electron chi connectivity index (χ3n) is 3.19. The molecule has 0 radical (unpaired) electrons. The quantitative estimate of drug-likeness (QED) is 0.876. The van der Waals surface area contributed by atoms with Gasteiger partial charge in [-0.1, -0.05) is 0 Å². The number of ether oxygens (including phenoxy) is 1. The largest absolute Gasteiger partial charge is 0.480 e. The molecule has 0 spiro atoms. The van der Waals surface area contributed by atoms with Gasteiger partial charge in [-0.3, -0.25) is 9.59 Å². The maximum atomic E-state index is 12.1. The summed E-state index contributed by atoms with van der Waals surface area (Å²) in [4.78, 5) is 29.4. The molecule has 0 aromatic carbocycles. The third-order valence-corrected chi connectivity index (χ3v) is 3.19. The van der Waals surface area contributed by atoms with Crippen LogP contribution in [-0.2, 0) is 9.59 Å². The first-order valence-corrected chi connectivity index (χ1v) is 6.23. The molecule has 0 unspecified atom stereocenters. The Kier molecular flexibility index (Phi) is 3.99. The summed E-state index contributed by atoms with van der Waals surface area (Å²) >= 11 is 0. The smallest absolute Gasteiger partial charge is 0.237 e. The van der Waals surface area contributed by atoms with Crippen LogP contribution in [0.1, 0.15) is 13.3 Å². The van der Waals surface area contributed by atoms with Crippen molar-refractivity contribution in [1.82, 2.24) is 9.88 Å². The van der Waals surface area contributed by atoms with Gasteiger partial charge in [-0.25, -0.2) is 4.98 Å². The SMILES string of the molecule is CCN1C[C@@H](C(=O)Nc2cccnc2OC)CC1=O. The number of nitrogens with zero attached hydrogens (tertiary/aromatic N) is 2. The number of nitrogens with one attached hydrogen (secondary N) is 1. The molecular weight excluding hydrogens is 246 g/mol. The van der Waals surface area contributed by atoms with Gasteiger partial charge >= 0.3 is 0 Å². The topological polar surface area (TPSA) is 71.5 Å². The zero-order valence-electron chi connectivity index (χ0n) is 11.0. The van der Waals surface area contributed by atoms with E-state index in [4.69, 9.17) is 4.74 Å². The van der Waals surface area contributed by atoms with Gasteiger partial charge in [0.05, 0.1) is 13.0 Å². The molecule has 6 heteroatoms. The van der Waals surface area contributed by atoms with Crippen molar-refractivity contribution in [3.05, 3.63) is 18.3 Å². The van der Waals surface area contributed by atoms with E-state index in [1.54, 1.807) is 23.2 Å². The van der Waals surface area contributed by atoms with Crippen LogP contribution in [0.25, 0.3) is 0 Å². The highest BCUT2D eigenvalue weighted by Crippen LogP contribution is 2.23. The Morgan fingerprint density at radius 2 is 2.42 bits per heavy atom. The minimum atomic E-state index is -0.308. The zero-order chi connectivity index (χ0) is 13.8. The highest BCUT2D eigenvalue weighted by Gasteiger charge is 2.33. The number of carbonyl (C=O) groups is 2. The minimum absolute atomic E-state index is 0.0285. The summed E-state index contributed by atoms with van der Waals surface area (Å²) in [7, 11) is 1.50. The lowest BCUT2D eigenvalue weighted by molar-refractivity contribution is -0.128. The maximum absolute atomic E-state index is 12.1. The number of amides is 2. The molecule has 1 aliphatic heterocycles. The molecule has 1 aromatic heterocycles. The van der Waals surface area contributed by atoms with Crippen LogP contribution in [0, 0.1) is 5.92 Å². The van der Waals surface area contributed by atoms with Gasteiger partial charge in [0.1, 0.15) is 5.69 Å². The van der Waals surface area contributed by atoms with E-state index in [0.29, 0.717) is 24.7 Å². The van der Waals surface area contributed by atoms with E-state index in [9.17, 15) is 9.59 Å². The first kappa shape index (κ1) is 13.3. The molecule has 1 atom stereocenters. The average Bonchev–Trinajstić information content (AvgIpc) is 2.80. The molecule has 1 saturated heterocycles. The monoisotopic (exact) mass is 263 g/mol. The molecule has 2 heterocycles. The molecule has 0 saturated carbocycles. The normalized spacial score (nSPS) is 18.5. The summed E-state index contributed by atoms with van der Waals surface area (Å²) in [5.41, 5.74) is 0.525. The number of carbonyl (C=O) groups excluding carboxylic acids is 2. The van der Waals surface area contributed by atoms with Crippen molar-refractivity contribution >= 4 is 17.5 Å². The number of hydrogen-bond acceptors (Lipinski definition) is 4. The molecule has 1 fully saturated rings. The molecule has 1 aromatic rings. The van der Waals surface area contributed by atoms with E-state index in [2.05, 4.69) is 10.3 Å². The Balaban J connectivity index is 2.04. The van der Waals surface area contributed by atoms with Gasteiger partial charge in [-0.2, -0.15) is 0 Å². The maximum Gasteiger partial charge on any atom is 0.237 e. The Hall–Kier alpha value is -2.11. The Morgan fingerprint density at radius 3 is 3.05 bits per heavy atom. The first-order chi connectivity index (χ1) is 9.15. The van der Waals surface area contributed by atoms with Crippen molar-refractivity contribution in [2.24, 2.45) is 5.92 Å². The summed E-state index contributed by atoms with van der Waals surface area (Å²) < 4.78 is 5.07. The molecule has 0 bridgehead atoms. The lowest BCUT2D eigenvalue weighted by Gasteiger charge is -2.14. The molecular formula is C13H17N3O3. The summed E-state index contributed by atoms with van der Waals surface area (Å²) in [5, 5.41) is 2.76. The lowest BCUT2D eigenvalue weighted by Crippen LogP contribution is -2.28. The number of aromatic nitrogens is 1. The molecule has 1 aliphatic rings. The molecule has 6 nitrogen and oxygen atoms in total. The fourth-order valence-corrected chi connectivity index (χ4v) is 2.14. The molecule has 2 amide bonds. The van der Waals surface area contributed by atoms with Gasteiger partial charge in [0, 0.05) is 25.7 Å². The van der Waals surface area contributed by atoms with Crippen LogP contribution >= 0.6 is 0 Å². The molecule has 2 rings (SSSR count). The molecule has 0 aliphatic carbocycles. The van der Waals surface area contributed by atoms with E-state index in [-0.39, 0.29) is 24.2 Å². The van der Waals surface area contributed by atoms with Gasteiger partial charge in [-0.15, -0.1) is 0 Å². The second-order valence-electron chi connectivity index (χ2n) is 4.38. The third kappa shape index (κ3) is 2.83. The van der Waals surface area contributed by atoms with Crippen LogP contribution in [0.3, 0.4) is 0 Å². The van der Waals surface area contributed by atoms with Crippen LogP contribution in [-0.4, -0.2) is 41.9 Å². The highest BCUT2D eigenvalue weighted by molar-refractivity contribution is 5.97. The summed E-state index contributed by atoms with van der Waals surface area (Å²) in [6.45, 7) is 3.02. The molecule has 102 valence electrons. The van der Waals surface area contributed by atoms with Gasteiger partial charge in [0.15, 0.2) is 0 Å². The van der Waals surface area contributed by atoms with Crippen LogP contribution < -0.4 is 10.1 Å². The number of anilines is 1. The Morgan fingerprint density at radius 1 is 1.63 bits per heavy atom. The van der Waals surface area contributed by atoms with Crippen molar-refractivity contribution in [3.63, 3.8) is 0 Å². The van der Waals surface area contributed by atoms with Crippen molar-refractivity contribution in [3.8, 4) is 5.88 Å². The predicted octanol–water partition coefficient (Wildman–Crippen LogP) is 0.897. The number of pyridine rings is 1. The van der Waals surface area contributed by atoms with Crippen molar-refractivity contribution < 1.29 is 14.3 Å². The number of likely N-dealkylation sites (tertiary alicyclic amines) is 1. The van der Waals surface area contributed by atoms with Crippen LogP contribution in [0.4, 0.5) is 5.69 Å². The van der Waals surface area contributed by atoms with Crippen LogP contribution in [0.2, 0.25) is 0 Å². The second kappa shape index (κ2) is 5.69. The average molecular weight is 263 g/mol. The Bertz CT molecular complexity index is 490. The number of rotatable bonds is 4. The fraction of sp³-hybridized carbons (Fsp3) is 0.462. The molecule has 1 N–H and O–H groups in total. The van der Waals surface area contributed by atoms with E-state index in [1.165, 1.54) is 7.11 Å². The van der Waals surface area contributed by atoms with Gasteiger partial charge < -0.3 is 15.0 Å². The fourth-order valence-electron chi connectivity index (χ4n) is 2.14. The van der Waals surface area contributed by atoms with E-state index < -0.39 is 0 Å². The van der Waals surface area contributed by atoms with E-state index in [0.717, 1.165) is 0 Å². The first-order valence-electron chi connectivity index (χ1n) is 6.23. The second-order valence-corrected chi connectivity index (χ2v) is 4.38. The zero-order valence-corrected chi connectivity index (χ0v) is 11.0.